The van der Waals surface area contributed by atoms with Crippen molar-refractivity contribution in [3.8, 4) is 17.2 Å². The van der Waals surface area contributed by atoms with E-state index in [0.717, 1.165) is 12.1 Å². The Morgan fingerprint density at radius 2 is 1.91 bits per heavy atom. The average Bonchev–Trinajstić information content (AvgIpc) is 3.27. The molecule has 3 heterocycles. The summed E-state index contributed by atoms with van der Waals surface area (Å²) in [4.78, 5) is 32.0. The van der Waals surface area contributed by atoms with Crippen LogP contribution in [0.4, 0.5) is 13.2 Å². The van der Waals surface area contributed by atoms with Crippen molar-refractivity contribution in [3.05, 3.63) is 109 Å². The van der Waals surface area contributed by atoms with Gasteiger partial charge in [-0.2, -0.15) is 13.2 Å². The summed E-state index contributed by atoms with van der Waals surface area (Å²) in [5, 5.41) is 0. The zero-order valence-electron chi connectivity index (χ0n) is 23.2. The van der Waals surface area contributed by atoms with Gasteiger partial charge in [0.2, 0.25) is 5.72 Å². The Morgan fingerprint density at radius 1 is 1.12 bits per heavy atom. The highest BCUT2D eigenvalue weighted by atomic mass is 32.1. The number of nitrogens with zero attached hydrogens (tertiary/aromatic N) is 2. The molecule has 0 saturated carbocycles. The molecule has 8 nitrogen and oxygen atoms in total. The first-order chi connectivity index (χ1) is 20.5. The molecular weight excluding hydrogens is 585 g/mol. The second kappa shape index (κ2) is 10.6. The number of hydrogen-bond acceptors (Lipinski definition) is 8. The normalized spacial score (nSPS) is 20.7. The van der Waals surface area contributed by atoms with Gasteiger partial charge >= 0.3 is 12.1 Å². The molecule has 1 aromatic heterocycles. The third-order valence-electron chi connectivity index (χ3n) is 7.49. The van der Waals surface area contributed by atoms with Crippen molar-refractivity contribution in [2.24, 2.45) is 10.9 Å². The van der Waals surface area contributed by atoms with Crippen molar-refractivity contribution < 1.29 is 36.9 Å². The van der Waals surface area contributed by atoms with Crippen LogP contribution in [0.3, 0.4) is 0 Å². The van der Waals surface area contributed by atoms with Crippen molar-refractivity contribution in [2.45, 2.75) is 31.5 Å². The molecule has 0 amide bonds. The number of thiazole rings is 1. The second-order valence-electron chi connectivity index (χ2n) is 10.2. The highest BCUT2D eigenvalue weighted by Gasteiger charge is 2.55. The largest absolute Gasteiger partial charge is 0.496 e. The summed E-state index contributed by atoms with van der Waals surface area (Å²) < 4.78 is 63.7. The molecule has 12 heteroatoms. The maximum absolute atomic E-state index is 13.9. The summed E-state index contributed by atoms with van der Waals surface area (Å²) in [6.07, 6.45) is -2.81. The van der Waals surface area contributed by atoms with E-state index >= 15 is 0 Å². The van der Waals surface area contributed by atoms with E-state index in [9.17, 15) is 22.8 Å². The number of fused-ring (bicyclic) bond motifs is 6. The van der Waals surface area contributed by atoms with Gasteiger partial charge in [0.05, 0.1) is 30.4 Å². The number of alkyl halides is 3. The molecule has 4 aromatic rings. The number of carbonyl (C=O) groups is 1. The molecule has 0 radical (unpaired) electrons. The van der Waals surface area contributed by atoms with Gasteiger partial charge in [0.15, 0.2) is 4.80 Å². The molecule has 2 aliphatic rings. The third kappa shape index (κ3) is 5.05. The van der Waals surface area contributed by atoms with Crippen LogP contribution in [0.1, 0.15) is 35.2 Å². The number of rotatable bonds is 6. The standard InChI is InChI=1S/C31H25F3N2O6S/c1-30-25(28(38)40-3)26(21-9-4-5-10-23(21)42-30)36-27(37)24(43-29(36)35-30)14-17-11-12-22(39-2)18(13-17)16-41-20-8-6-7-19(15-20)31(32,33)34/h4-15,25-26H,16H2,1-3H3. The number of aromatic nitrogens is 1. The third-order valence-corrected chi connectivity index (χ3v) is 8.48. The summed E-state index contributed by atoms with van der Waals surface area (Å²) >= 11 is 1.17. The van der Waals surface area contributed by atoms with Crippen molar-refractivity contribution in [1.29, 1.82) is 0 Å². The number of halogens is 3. The molecule has 0 spiro atoms. The Bertz CT molecular complexity index is 1920. The van der Waals surface area contributed by atoms with Gasteiger partial charge in [0.25, 0.3) is 5.56 Å². The Kier molecular flexibility index (Phi) is 7.04. The fourth-order valence-electron chi connectivity index (χ4n) is 5.51. The predicted molar refractivity (Wildman–Crippen MR) is 151 cm³/mol. The van der Waals surface area contributed by atoms with Gasteiger partial charge in [-0.15, -0.1) is 0 Å². The van der Waals surface area contributed by atoms with Crippen LogP contribution in [0.25, 0.3) is 6.08 Å². The second-order valence-corrected chi connectivity index (χ2v) is 11.2. The highest BCUT2D eigenvalue weighted by Crippen LogP contribution is 2.47. The van der Waals surface area contributed by atoms with Gasteiger partial charge in [-0.1, -0.05) is 41.7 Å². The van der Waals surface area contributed by atoms with E-state index < -0.39 is 35.4 Å². The van der Waals surface area contributed by atoms with Crippen LogP contribution in [0.5, 0.6) is 17.2 Å². The van der Waals surface area contributed by atoms with E-state index in [-0.39, 0.29) is 17.9 Å². The Morgan fingerprint density at radius 3 is 2.65 bits per heavy atom. The van der Waals surface area contributed by atoms with Crippen molar-refractivity contribution >= 4 is 23.4 Å². The molecule has 0 fully saturated rings. The summed E-state index contributed by atoms with van der Waals surface area (Å²) in [7, 11) is 2.76. The van der Waals surface area contributed by atoms with Crippen LogP contribution in [0, 0.1) is 5.92 Å². The number of methoxy groups -OCH3 is 2. The molecule has 3 atom stereocenters. The molecule has 0 saturated heterocycles. The smallest absolute Gasteiger partial charge is 0.416 e. The van der Waals surface area contributed by atoms with E-state index in [0.29, 0.717) is 37.5 Å². The van der Waals surface area contributed by atoms with Crippen molar-refractivity contribution in [1.82, 2.24) is 4.57 Å². The molecular formula is C31H25F3N2O6S. The van der Waals surface area contributed by atoms with E-state index in [2.05, 4.69) is 0 Å². The van der Waals surface area contributed by atoms with Gasteiger partial charge in [0, 0.05) is 11.1 Å². The van der Waals surface area contributed by atoms with E-state index in [1.807, 2.05) is 18.2 Å². The molecule has 2 aliphatic heterocycles. The Labute approximate surface area is 247 Å². The van der Waals surface area contributed by atoms with Gasteiger partial charge in [-0.05, 0) is 55.0 Å². The quantitative estimate of drug-likeness (QED) is 0.300. The lowest BCUT2D eigenvalue weighted by Gasteiger charge is -2.44. The monoisotopic (exact) mass is 610 g/mol. The Balaban J connectivity index is 1.40. The van der Waals surface area contributed by atoms with Crippen LogP contribution in [-0.2, 0) is 22.3 Å². The molecule has 2 bridgehead atoms. The highest BCUT2D eigenvalue weighted by molar-refractivity contribution is 7.07. The van der Waals surface area contributed by atoms with Gasteiger partial charge in [-0.3, -0.25) is 14.2 Å². The summed E-state index contributed by atoms with van der Waals surface area (Å²) in [6, 6.07) is 16.3. The minimum Gasteiger partial charge on any atom is -0.496 e. The molecule has 0 N–H and O–H groups in total. The topological polar surface area (TPSA) is 88.4 Å². The van der Waals surface area contributed by atoms with Gasteiger partial charge in [-0.25, -0.2) is 4.99 Å². The molecule has 0 aliphatic carbocycles. The molecule has 3 aromatic carbocycles. The van der Waals surface area contributed by atoms with Crippen LogP contribution in [0.15, 0.2) is 76.5 Å². The first kappa shape index (κ1) is 28.5. The first-order valence-electron chi connectivity index (χ1n) is 13.2. The van der Waals surface area contributed by atoms with E-state index in [1.54, 1.807) is 37.3 Å². The number of benzene rings is 3. The lowest BCUT2D eigenvalue weighted by Crippen LogP contribution is -2.58. The molecule has 222 valence electrons. The van der Waals surface area contributed by atoms with Crippen molar-refractivity contribution in [2.75, 3.05) is 14.2 Å². The fraction of sp³-hybridized carbons (Fsp3) is 0.258. The van der Waals surface area contributed by atoms with E-state index in [1.165, 1.54) is 42.3 Å². The lowest BCUT2D eigenvalue weighted by atomic mass is 9.81. The maximum Gasteiger partial charge on any atom is 0.416 e. The number of ether oxygens (including phenoxy) is 4. The summed E-state index contributed by atoms with van der Waals surface area (Å²) in [6.45, 7) is 1.63. The zero-order valence-corrected chi connectivity index (χ0v) is 24.0. The Hall–Kier alpha value is -4.58. The minimum absolute atomic E-state index is 0.0549. The lowest BCUT2D eigenvalue weighted by molar-refractivity contribution is -0.158. The molecule has 43 heavy (non-hydrogen) atoms. The minimum atomic E-state index is -4.49. The van der Waals surface area contributed by atoms with Crippen LogP contribution < -0.4 is 29.1 Å². The van der Waals surface area contributed by atoms with Gasteiger partial charge in [0.1, 0.15) is 29.8 Å². The van der Waals surface area contributed by atoms with Gasteiger partial charge < -0.3 is 18.9 Å². The van der Waals surface area contributed by atoms with Crippen LogP contribution in [0.2, 0.25) is 0 Å². The number of para-hydroxylation sites is 1. The van der Waals surface area contributed by atoms with E-state index in [4.69, 9.17) is 23.9 Å². The molecule has 6 rings (SSSR count). The summed E-state index contributed by atoms with van der Waals surface area (Å²) in [5.41, 5.74) is -0.552. The maximum atomic E-state index is 13.9. The van der Waals surface area contributed by atoms with Crippen LogP contribution in [-0.4, -0.2) is 30.5 Å². The zero-order chi connectivity index (χ0) is 30.5. The first-order valence-corrected chi connectivity index (χ1v) is 14.0. The number of esters is 1. The summed E-state index contributed by atoms with van der Waals surface area (Å²) in [5.74, 6) is -0.368. The SMILES string of the molecule is COC(=O)C1C2c3ccccc3OC1(C)N=c1sc(=Cc3ccc(OC)c(COc4cccc(C(F)(F)F)c4)c3)c(=O)n12. The van der Waals surface area contributed by atoms with Crippen LogP contribution >= 0.6 is 11.3 Å². The number of carbonyl (C=O) groups excluding carboxylic acids is 1. The fourth-order valence-corrected chi connectivity index (χ4v) is 6.61. The number of hydrogen-bond donors (Lipinski definition) is 0. The predicted octanol–water partition coefficient (Wildman–Crippen LogP) is 4.47. The molecule has 3 unspecified atom stereocenters. The average molecular weight is 611 g/mol. The van der Waals surface area contributed by atoms with Crippen molar-refractivity contribution in [3.63, 3.8) is 0 Å².